The summed E-state index contributed by atoms with van der Waals surface area (Å²) in [6.45, 7) is 9.56. The second-order valence-electron chi connectivity index (χ2n) is 9.94. The average Bonchev–Trinajstić information content (AvgIpc) is 2.82. The van der Waals surface area contributed by atoms with Crippen molar-refractivity contribution in [3.8, 4) is 17.1 Å². The zero-order valence-corrected chi connectivity index (χ0v) is 22.1. The van der Waals surface area contributed by atoms with E-state index in [0.29, 0.717) is 12.5 Å². The number of halogens is 1. The van der Waals surface area contributed by atoms with Crippen LogP contribution >= 0.6 is 11.6 Å². The summed E-state index contributed by atoms with van der Waals surface area (Å²) in [5.41, 5.74) is 2.23. The van der Waals surface area contributed by atoms with E-state index in [1.165, 1.54) is 63.4 Å². The van der Waals surface area contributed by atoms with E-state index in [1.807, 2.05) is 36.7 Å². The summed E-state index contributed by atoms with van der Waals surface area (Å²) in [5.74, 6) is 2.82. The molecule has 0 fully saturated rings. The van der Waals surface area contributed by atoms with Crippen LogP contribution < -0.4 is 4.74 Å². The number of aryl methyl sites for hydroxylation is 1. The molecule has 0 N–H and O–H groups in total. The molecule has 0 aliphatic rings. The van der Waals surface area contributed by atoms with Crippen molar-refractivity contribution in [2.45, 2.75) is 104 Å². The molecule has 1 aromatic heterocycles. The molecule has 0 radical (unpaired) electrons. The van der Waals surface area contributed by atoms with Crippen LogP contribution in [0.25, 0.3) is 11.4 Å². The van der Waals surface area contributed by atoms with Gasteiger partial charge in [-0.25, -0.2) is 9.97 Å². The molecule has 33 heavy (non-hydrogen) atoms. The van der Waals surface area contributed by atoms with E-state index in [2.05, 4.69) is 37.7 Å². The van der Waals surface area contributed by atoms with Crippen molar-refractivity contribution in [1.29, 1.82) is 0 Å². The first-order chi connectivity index (χ1) is 16.0. The van der Waals surface area contributed by atoms with Crippen LogP contribution in [0.3, 0.4) is 0 Å². The van der Waals surface area contributed by atoms with Gasteiger partial charge in [-0.3, -0.25) is 0 Å². The van der Waals surface area contributed by atoms with Crippen molar-refractivity contribution in [3.63, 3.8) is 0 Å². The van der Waals surface area contributed by atoms with Gasteiger partial charge in [-0.15, -0.1) is 11.6 Å². The van der Waals surface area contributed by atoms with E-state index >= 15 is 0 Å². The van der Waals surface area contributed by atoms with Gasteiger partial charge in [0.25, 0.3) is 0 Å². The van der Waals surface area contributed by atoms with E-state index in [9.17, 15) is 0 Å². The molecule has 4 heteroatoms. The Morgan fingerprint density at radius 2 is 1.45 bits per heavy atom. The summed E-state index contributed by atoms with van der Waals surface area (Å²) >= 11 is 6.57. The maximum absolute atomic E-state index is 6.57. The molecule has 2 atom stereocenters. The van der Waals surface area contributed by atoms with E-state index in [1.54, 1.807) is 0 Å². The Bertz CT molecular complexity index is 745. The molecule has 0 aliphatic heterocycles. The van der Waals surface area contributed by atoms with Crippen LogP contribution in [0.2, 0.25) is 0 Å². The average molecular weight is 473 g/mol. The third-order valence-electron chi connectivity index (χ3n) is 6.35. The predicted molar refractivity (Wildman–Crippen MR) is 142 cm³/mol. The second kappa shape index (κ2) is 16.1. The Hall–Kier alpha value is -1.61. The lowest BCUT2D eigenvalue weighted by Gasteiger charge is -2.19. The predicted octanol–water partition coefficient (Wildman–Crippen LogP) is 8.89. The van der Waals surface area contributed by atoms with Gasteiger partial charge in [0.15, 0.2) is 5.82 Å². The van der Waals surface area contributed by atoms with Gasteiger partial charge in [0.1, 0.15) is 12.4 Å². The number of unbranched alkanes of at least 4 members (excludes halogenated alkanes) is 6. The third-order valence-corrected chi connectivity index (χ3v) is 6.91. The lowest BCUT2D eigenvalue weighted by molar-refractivity contribution is 0.280. The molecule has 1 heterocycles. The van der Waals surface area contributed by atoms with Crippen LogP contribution in [0, 0.1) is 11.8 Å². The van der Waals surface area contributed by atoms with Gasteiger partial charge in [-0.1, -0.05) is 79.1 Å². The third kappa shape index (κ3) is 11.4. The summed E-state index contributed by atoms with van der Waals surface area (Å²) < 4.78 is 5.94. The van der Waals surface area contributed by atoms with Gasteiger partial charge in [-0.05, 0) is 60.9 Å². The van der Waals surface area contributed by atoms with Crippen molar-refractivity contribution < 1.29 is 4.74 Å². The van der Waals surface area contributed by atoms with Crippen LogP contribution in [0.1, 0.15) is 97.5 Å². The molecule has 3 nitrogen and oxygen atoms in total. The van der Waals surface area contributed by atoms with Crippen LogP contribution in [0.4, 0.5) is 0 Å². The number of hydrogen-bond donors (Lipinski definition) is 0. The van der Waals surface area contributed by atoms with E-state index in [-0.39, 0.29) is 5.38 Å². The van der Waals surface area contributed by atoms with Gasteiger partial charge in [0.05, 0.1) is 5.38 Å². The fourth-order valence-corrected chi connectivity index (χ4v) is 4.18. The van der Waals surface area contributed by atoms with Crippen LogP contribution in [0.15, 0.2) is 36.7 Å². The maximum Gasteiger partial charge on any atom is 0.159 e. The highest BCUT2D eigenvalue weighted by Crippen LogP contribution is 2.23. The summed E-state index contributed by atoms with van der Waals surface area (Å²) in [6, 6.07) is 8.02. The first-order valence-corrected chi connectivity index (χ1v) is 13.6. The van der Waals surface area contributed by atoms with Crippen LogP contribution in [0.5, 0.6) is 5.75 Å². The molecule has 0 unspecified atom stereocenters. The van der Waals surface area contributed by atoms with Crippen LogP contribution in [-0.2, 0) is 6.42 Å². The monoisotopic (exact) mass is 472 g/mol. The minimum absolute atomic E-state index is 0.0315. The molecule has 2 rings (SSSR count). The highest BCUT2D eigenvalue weighted by molar-refractivity contribution is 6.20. The minimum atomic E-state index is 0.0315. The fraction of sp³-hybridized carbons (Fsp3) is 0.655. The largest absolute Gasteiger partial charge is 0.492 e. The van der Waals surface area contributed by atoms with E-state index in [4.69, 9.17) is 16.3 Å². The number of alkyl halides is 1. The van der Waals surface area contributed by atoms with Gasteiger partial charge >= 0.3 is 0 Å². The quantitative estimate of drug-likeness (QED) is 0.170. The molecule has 0 saturated carbocycles. The molecule has 0 aliphatic carbocycles. The lowest BCUT2D eigenvalue weighted by atomic mass is 9.97. The number of ether oxygens (including phenoxy) is 1. The van der Waals surface area contributed by atoms with Crippen molar-refractivity contribution >= 4 is 11.6 Å². The molecule has 0 amide bonds. The number of rotatable bonds is 17. The summed E-state index contributed by atoms with van der Waals surface area (Å²) in [7, 11) is 0. The molecular weight excluding hydrogens is 428 g/mol. The van der Waals surface area contributed by atoms with Crippen LogP contribution in [-0.4, -0.2) is 22.0 Å². The minimum Gasteiger partial charge on any atom is -0.492 e. The molecule has 184 valence electrons. The first kappa shape index (κ1) is 27.6. The zero-order chi connectivity index (χ0) is 23.9. The van der Waals surface area contributed by atoms with Gasteiger partial charge in [0.2, 0.25) is 0 Å². The SMILES string of the molecule is CCCCCCCCCc1cnc(-c2ccc(OC[C@H](Cl)[C@@H](C)CCCC(C)C)cc2)nc1. The zero-order valence-electron chi connectivity index (χ0n) is 21.4. The molecule has 2 aromatic rings. The molecule has 0 saturated heterocycles. The Morgan fingerprint density at radius 3 is 2.09 bits per heavy atom. The molecule has 0 spiro atoms. The number of hydrogen-bond acceptors (Lipinski definition) is 3. The molecule has 0 bridgehead atoms. The van der Waals surface area contributed by atoms with Crippen molar-refractivity contribution in [2.75, 3.05) is 6.61 Å². The second-order valence-corrected chi connectivity index (χ2v) is 10.5. The number of benzene rings is 1. The maximum atomic E-state index is 6.57. The number of nitrogens with zero attached hydrogens (tertiary/aromatic N) is 2. The summed E-state index contributed by atoms with van der Waals surface area (Å²) in [6.07, 6.45) is 17.9. The van der Waals surface area contributed by atoms with Gasteiger partial charge in [0, 0.05) is 18.0 Å². The van der Waals surface area contributed by atoms with Gasteiger partial charge in [-0.2, -0.15) is 0 Å². The highest BCUT2D eigenvalue weighted by Gasteiger charge is 2.15. The normalized spacial score (nSPS) is 13.3. The highest BCUT2D eigenvalue weighted by atomic mass is 35.5. The Labute approximate surface area is 207 Å². The van der Waals surface area contributed by atoms with E-state index in [0.717, 1.165) is 35.9 Å². The van der Waals surface area contributed by atoms with Crippen molar-refractivity contribution in [2.24, 2.45) is 11.8 Å². The Kier molecular flexibility index (Phi) is 13.5. The Balaban J connectivity index is 1.72. The summed E-state index contributed by atoms with van der Waals surface area (Å²) in [4.78, 5) is 9.17. The van der Waals surface area contributed by atoms with Crippen molar-refractivity contribution in [1.82, 2.24) is 9.97 Å². The fourth-order valence-electron chi connectivity index (χ4n) is 3.99. The topological polar surface area (TPSA) is 35.0 Å². The van der Waals surface area contributed by atoms with Gasteiger partial charge < -0.3 is 4.74 Å². The molecule has 1 aromatic carbocycles. The standard InChI is InChI=1S/C29H45ClN2O/c1-5-6-7-8-9-10-11-15-25-20-31-29(32-21-25)26-16-18-27(19-17-26)33-22-28(30)24(4)14-12-13-23(2)3/h16-21,23-24,28H,5-15,22H2,1-4H3/t24-,28-/m0/s1. The summed E-state index contributed by atoms with van der Waals surface area (Å²) in [5, 5.41) is 0.0315. The van der Waals surface area contributed by atoms with E-state index < -0.39 is 0 Å². The smallest absolute Gasteiger partial charge is 0.159 e. The lowest BCUT2D eigenvalue weighted by Crippen LogP contribution is -2.20. The Morgan fingerprint density at radius 1 is 0.818 bits per heavy atom. The van der Waals surface area contributed by atoms with Crippen molar-refractivity contribution in [3.05, 3.63) is 42.2 Å². The number of aromatic nitrogens is 2. The molecular formula is C29H45ClN2O. The first-order valence-electron chi connectivity index (χ1n) is 13.2.